The number of nitrogens with zero attached hydrogens (tertiary/aromatic N) is 3. The van der Waals surface area contributed by atoms with Crippen LogP contribution < -0.4 is 16.4 Å². The molecule has 0 aliphatic rings. The van der Waals surface area contributed by atoms with Gasteiger partial charge in [-0.05, 0) is 42.3 Å². The fraction of sp³-hybridized carbons (Fsp3) is 0.0741. The maximum absolute atomic E-state index is 6.54. The van der Waals surface area contributed by atoms with Crippen LogP contribution in [-0.4, -0.2) is 15.0 Å². The molecule has 0 fully saturated rings. The van der Waals surface area contributed by atoms with E-state index in [-0.39, 0.29) is 6.04 Å². The minimum Gasteiger partial charge on any atom is -0.393 e. The molecule has 0 atom stereocenters. The van der Waals surface area contributed by atoms with Crippen molar-refractivity contribution < 1.29 is 0 Å². The van der Waals surface area contributed by atoms with Crippen LogP contribution in [0.1, 0.15) is 22.9 Å². The number of benzene rings is 3. The van der Waals surface area contributed by atoms with Crippen molar-refractivity contribution in [2.75, 3.05) is 16.4 Å². The number of aryl methyl sites for hydroxylation is 1. The van der Waals surface area contributed by atoms with Crippen LogP contribution in [-0.2, 0) is 0 Å². The molecule has 0 spiro atoms. The van der Waals surface area contributed by atoms with Gasteiger partial charge in [-0.3, -0.25) is 4.98 Å². The first-order valence-corrected chi connectivity index (χ1v) is 10.8. The number of aromatic nitrogens is 3. The Morgan fingerprint density at radius 1 is 0.727 bits per heavy atom. The van der Waals surface area contributed by atoms with Crippen LogP contribution >= 0.6 is 0 Å². The fourth-order valence-electron chi connectivity index (χ4n) is 3.89. The second-order valence-electron chi connectivity index (χ2n) is 7.83. The Labute approximate surface area is 192 Å². The molecule has 0 aliphatic heterocycles. The lowest BCUT2D eigenvalue weighted by molar-refractivity contribution is 0.924. The van der Waals surface area contributed by atoms with Gasteiger partial charge < -0.3 is 16.4 Å². The minimum absolute atomic E-state index is 0.109. The average molecular weight is 433 g/mol. The van der Waals surface area contributed by atoms with E-state index in [1.54, 1.807) is 0 Å². The molecule has 5 rings (SSSR count). The van der Waals surface area contributed by atoms with Gasteiger partial charge in [0.25, 0.3) is 0 Å². The summed E-state index contributed by atoms with van der Waals surface area (Å²) in [5.41, 5.74) is 12.0. The number of hydrogen-bond donors (Lipinski definition) is 3. The number of pyridine rings is 1. The molecule has 0 unspecified atom stereocenters. The van der Waals surface area contributed by atoms with Crippen molar-refractivity contribution >= 4 is 33.9 Å². The second kappa shape index (κ2) is 8.96. The van der Waals surface area contributed by atoms with E-state index in [1.165, 1.54) is 6.33 Å². The van der Waals surface area contributed by atoms with Crippen molar-refractivity contribution in [2.45, 2.75) is 13.0 Å². The first kappa shape index (κ1) is 20.5. The van der Waals surface area contributed by atoms with Crippen molar-refractivity contribution in [2.24, 2.45) is 0 Å². The number of anilines is 4. The number of hydrogen-bond acceptors (Lipinski definition) is 6. The molecule has 0 amide bonds. The third kappa shape index (κ3) is 4.32. The summed E-state index contributed by atoms with van der Waals surface area (Å²) in [6.07, 6.45) is 1.52. The number of rotatable bonds is 6. The molecule has 3 aromatic carbocycles. The molecule has 33 heavy (non-hydrogen) atoms. The Morgan fingerprint density at radius 2 is 1.39 bits per heavy atom. The normalized spacial score (nSPS) is 11.0. The molecule has 0 aliphatic carbocycles. The largest absolute Gasteiger partial charge is 0.393 e. The van der Waals surface area contributed by atoms with Gasteiger partial charge in [0, 0.05) is 16.8 Å². The van der Waals surface area contributed by atoms with E-state index in [0.29, 0.717) is 17.3 Å². The molecule has 5 aromatic rings. The molecule has 162 valence electrons. The van der Waals surface area contributed by atoms with Crippen molar-refractivity contribution in [1.82, 2.24) is 15.0 Å². The highest BCUT2D eigenvalue weighted by molar-refractivity contribution is 5.94. The molecule has 4 N–H and O–H groups in total. The zero-order valence-corrected chi connectivity index (χ0v) is 18.2. The third-order valence-corrected chi connectivity index (χ3v) is 5.55. The number of fused-ring (bicyclic) bond motifs is 1. The van der Waals surface area contributed by atoms with Gasteiger partial charge >= 0.3 is 0 Å². The van der Waals surface area contributed by atoms with Gasteiger partial charge in [0.15, 0.2) is 11.6 Å². The summed E-state index contributed by atoms with van der Waals surface area (Å²) in [6.45, 7) is 1.98. The predicted octanol–water partition coefficient (Wildman–Crippen LogP) is 5.86. The molecular weight excluding hydrogens is 408 g/mol. The highest BCUT2D eigenvalue weighted by Crippen LogP contribution is 2.33. The van der Waals surface area contributed by atoms with Crippen molar-refractivity contribution in [3.05, 3.63) is 114 Å². The van der Waals surface area contributed by atoms with Gasteiger partial charge in [-0.2, -0.15) is 0 Å². The standard InChI is InChI=1S/C27H24N6/c1-18-15-16-21-22(31-18)13-8-14-23(21)32-26-24(28)27(30-17-29-26)33-25(19-9-4-2-5-10-19)20-11-6-3-7-12-20/h2-17,25H,28H2,1H3,(H2,29,30,32,33). The summed E-state index contributed by atoms with van der Waals surface area (Å²) >= 11 is 0. The second-order valence-corrected chi connectivity index (χ2v) is 7.83. The topological polar surface area (TPSA) is 88.8 Å². The van der Waals surface area contributed by atoms with Gasteiger partial charge in [-0.15, -0.1) is 0 Å². The van der Waals surface area contributed by atoms with Gasteiger partial charge in [0.1, 0.15) is 12.0 Å². The number of nitrogens with one attached hydrogen (secondary N) is 2. The SMILES string of the molecule is Cc1ccc2c(Nc3ncnc(NC(c4ccccc4)c4ccccc4)c3N)cccc2n1. The number of nitrogens with two attached hydrogens (primary N) is 1. The molecule has 0 radical (unpaired) electrons. The Balaban J connectivity index is 1.50. The van der Waals surface area contributed by atoms with Gasteiger partial charge in [-0.1, -0.05) is 66.7 Å². The van der Waals surface area contributed by atoms with E-state index < -0.39 is 0 Å². The average Bonchev–Trinajstić information content (AvgIpc) is 2.85. The summed E-state index contributed by atoms with van der Waals surface area (Å²) in [4.78, 5) is 13.5. The molecule has 0 saturated carbocycles. The van der Waals surface area contributed by atoms with Crippen LogP contribution in [0, 0.1) is 6.92 Å². The molecule has 6 heteroatoms. The summed E-state index contributed by atoms with van der Waals surface area (Å²) < 4.78 is 0. The van der Waals surface area contributed by atoms with Crippen LogP contribution in [0.15, 0.2) is 97.3 Å². The highest BCUT2D eigenvalue weighted by atomic mass is 15.1. The first-order valence-electron chi connectivity index (χ1n) is 10.8. The van der Waals surface area contributed by atoms with Gasteiger partial charge in [0.2, 0.25) is 0 Å². The van der Waals surface area contributed by atoms with Crippen molar-refractivity contribution in [3.63, 3.8) is 0 Å². The Bertz CT molecular complexity index is 1350. The van der Waals surface area contributed by atoms with E-state index >= 15 is 0 Å². The highest BCUT2D eigenvalue weighted by Gasteiger charge is 2.17. The van der Waals surface area contributed by atoms with Crippen molar-refractivity contribution in [3.8, 4) is 0 Å². The quantitative estimate of drug-likeness (QED) is 0.311. The van der Waals surface area contributed by atoms with E-state index in [4.69, 9.17) is 5.73 Å². The van der Waals surface area contributed by atoms with Crippen LogP contribution in [0.3, 0.4) is 0 Å². The Kier molecular flexibility index (Phi) is 5.55. The van der Waals surface area contributed by atoms with E-state index in [1.807, 2.05) is 67.6 Å². The molecule has 6 nitrogen and oxygen atoms in total. The first-order chi connectivity index (χ1) is 16.2. The molecule has 2 heterocycles. The lowest BCUT2D eigenvalue weighted by Gasteiger charge is -2.22. The Morgan fingerprint density at radius 3 is 2.09 bits per heavy atom. The van der Waals surface area contributed by atoms with Crippen LogP contribution in [0.5, 0.6) is 0 Å². The lowest BCUT2D eigenvalue weighted by atomic mass is 9.99. The van der Waals surface area contributed by atoms with Crippen LogP contribution in [0.25, 0.3) is 10.9 Å². The molecule has 0 saturated heterocycles. The minimum atomic E-state index is -0.109. The fourth-order valence-corrected chi connectivity index (χ4v) is 3.89. The summed E-state index contributed by atoms with van der Waals surface area (Å²) in [6, 6.07) is 30.4. The van der Waals surface area contributed by atoms with Gasteiger partial charge in [0.05, 0.1) is 11.6 Å². The zero-order chi connectivity index (χ0) is 22.6. The maximum Gasteiger partial charge on any atom is 0.159 e. The molecule has 2 aromatic heterocycles. The van der Waals surface area contributed by atoms with Gasteiger partial charge in [-0.25, -0.2) is 9.97 Å². The van der Waals surface area contributed by atoms with E-state index in [2.05, 4.69) is 55.9 Å². The summed E-state index contributed by atoms with van der Waals surface area (Å²) in [5, 5.41) is 7.90. The molecular formula is C27H24N6. The van der Waals surface area contributed by atoms with Crippen LogP contribution in [0.4, 0.5) is 23.0 Å². The molecule has 0 bridgehead atoms. The summed E-state index contributed by atoms with van der Waals surface area (Å²) in [7, 11) is 0. The monoisotopic (exact) mass is 432 g/mol. The third-order valence-electron chi connectivity index (χ3n) is 5.55. The van der Waals surface area contributed by atoms with Crippen molar-refractivity contribution in [1.29, 1.82) is 0 Å². The van der Waals surface area contributed by atoms with E-state index in [9.17, 15) is 0 Å². The smallest absolute Gasteiger partial charge is 0.159 e. The summed E-state index contributed by atoms with van der Waals surface area (Å²) in [5.74, 6) is 1.11. The zero-order valence-electron chi connectivity index (χ0n) is 18.2. The lowest BCUT2D eigenvalue weighted by Crippen LogP contribution is -2.15. The van der Waals surface area contributed by atoms with Crippen LogP contribution in [0.2, 0.25) is 0 Å². The predicted molar refractivity (Wildman–Crippen MR) is 135 cm³/mol. The number of nitrogen functional groups attached to an aromatic ring is 1. The maximum atomic E-state index is 6.54. The Hall–Kier alpha value is -4.45. The van der Waals surface area contributed by atoms with E-state index in [0.717, 1.165) is 33.4 Å².